The monoisotopic (exact) mass is 291 g/mol. The van der Waals surface area contributed by atoms with Crippen LogP contribution in [0.5, 0.6) is 0 Å². The lowest BCUT2D eigenvalue weighted by Gasteiger charge is -2.27. The van der Waals surface area contributed by atoms with Crippen LogP contribution in [0.25, 0.3) is 0 Å². The summed E-state index contributed by atoms with van der Waals surface area (Å²) >= 11 is 0. The molecule has 2 unspecified atom stereocenters. The van der Waals surface area contributed by atoms with Crippen LogP contribution in [-0.4, -0.2) is 35.8 Å². The topological polar surface area (TPSA) is 48.4 Å². The highest BCUT2D eigenvalue weighted by Gasteiger charge is 2.32. The van der Waals surface area contributed by atoms with Gasteiger partial charge in [-0.15, -0.1) is 0 Å². The van der Waals surface area contributed by atoms with Crippen LogP contribution >= 0.6 is 0 Å². The summed E-state index contributed by atoms with van der Waals surface area (Å²) < 4.78 is 0. The number of nitrogens with zero attached hydrogens (tertiary/aromatic N) is 2. The fraction of sp³-hybridized carbons (Fsp3) is 0.706. The van der Waals surface area contributed by atoms with E-state index in [0.29, 0.717) is 11.8 Å². The van der Waals surface area contributed by atoms with E-state index in [1.807, 2.05) is 6.20 Å². The highest BCUT2D eigenvalue weighted by atomic mass is 16.3. The average Bonchev–Trinajstić information content (AvgIpc) is 2.79. The fourth-order valence-electron chi connectivity index (χ4n) is 3.08. The Bertz CT molecular complexity index is 461. The van der Waals surface area contributed by atoms with E-state index in [1.54, 1.807) is 0 Å². The van der Waals surface area contributed by atoms with Crippen LogP contribution in [0.2, 0.25) is 0 Å². The standard InChI is InChI=1S/C17H29N3O/c1-12(2)8-18-9-15-7-14(4)17(19-10-15)20-6-5-13(3)16(20)11-21/h7,10,12-13,16,18,21H,5-6,8-9,11H2,1-4H3. The minimum atomic E-state index is 0.208. The second kappa shape index (κ2) is 7.23. The fourth-order valence-corrected chi connectivity index (χ4v) is 3.08. The minimum absolute atomic E-state index is 0.208. The molecule has 2 atom stereocenters. The maximum Gasteiger partial charge on any atom is 0.131 e. The zero-order valence-electron chi connectivity index (χ0n) is 13.8. The van der Waals surface area contributed by atoms with Crippen molar-refractivity contribution < 1.29 is 5.11 Å². The summed E-state index contributed by atoms with van der Waals surface area (Å²) in [6.07, 6.45) is 3.09. The molecule has 0 spiro atoms. The molecule has 4 nitrogen and oxygen atoms in total. The SMILES string of the molecule is Cc1cc(CNCC(C)C)cnc1N1CCC(C)C1CO. The average molecular weight is 291 g/mol. The van der Waals surface area contributed by atoms with Gasteiger partial charge in [0.2, 0.25) is 0 Å². The van der Waals surface area contributed by atoms with Crippen LogP contribution in [0.4, 0.5) is 5.82 Å². The van der Waals surface area contributed by atoms with Gasteiger partial charge in [-0.2, -0.15) is 0 Å². The van der Waals surface area contributed by atoms with Gasteiger partial charge in [-0.05, 0) is 48.9 Å². The van der Waals surface area contributed by atoms with Gasteiger partial charge in [0.25, 0.3) is 0 Å². The zero-order valence-corrected chi connectivity index (χ0v) is 13.8. The number of pyridine rings is 1. The molecule has 0 radical (unpaired) electrons. The molecule has 1 fully saturated rings. The highest BCUT2D eigenvalue weighted by Crippen LogP contribution is 2.30. The third-order valence-corrected chi connectivity index (χ3v) is 4.33. The van der Waals surface area contributed by atoms with Crippen LogP contribution in [-0.2, 0) is 6.54 Å². The van der Waals surface area contributed by atoms with Crippen molar-refractivity contribution in [1.29, 1.82) is 0 Å². The Kier molecular flexibility index (Phi) is 5.59. The number of aryl methyl sites for hydroxylation is 1. The van der Waals surface area contributed by atoms with Crippen molar-refractivity contribution >= 4 is 5.82 Å². The Morgan fingerprint density at radius 2 is 2.24 bits per heavy atom. The summed E-state index contributed by atoms with van der Waals surface area (Å²) in [5.74, 6) is 2.23. The van der Waals surface area contributed by atoms with E-state index in [0.717, 1.165) is 31.9 Å². The highest BCUT2D eigenvalue weighted by molar-refractivity contribution is 5.49. The predicted octanol–water partition coefficient (Wildman–Crippen LogP) is 2.34. The number of aromatic nitrogens is 1. The number of aliphatic hydroxyl groups is 1. The predicted molar refractivity (Wildman–Crippen MR) is 87.5 cm³/mol. The lowest BCUT2D eigenvalue weighted by molar-refractivity contribution is 0.244. The first-order chi connectivity index (χ1) is 10.0. The number of aliphatic hydroxyl groups excluding tert-OH is 1. The Labute approximate surface area is 128 Å². The van der Waals surface area contributed by atoms with Gasteiger partial charge < -0.3 is 15.3 Å². The molecular formula is C17H29N3O. The minimum Gasteiger partial charge on any atom is -0.394 e. The van der Waals surface area contributed by atoms with Gasteiger partial charge in [0.1, 0.15) is 5.82 Å². The van der Waals surface area contributed by atoms with E-state index in [9.17, 15) is 5.11 Å². The van der Waals surface area contributed by atoms with E-state index < -0.39 is 0 Å². The smallest absolute Gasteiger partial charge is 0.131 e. The number of rotatable bonds is 6. The van der Waals surface area contributed by atoms with E-state index in [1.165, 1.54) is 11.1 Å². The third kappa shape index (κ3) is 3.95. The zero-order chi connectivity index (χ0) is 15.4. The van der Waals surface area contributed by atoms with Crippen molar-refractivity contribution in [2.24, 2.45) is 11.8 Å². The molecular weight excluding hydrogens is 262 g/mol. The van der Waals surface area contributed by atoms with Crippen molar-refractivity contribution in [2.45, 2.75) is 46.7 Å². The molecule has 1 saturated heterocycles. The molecule has 2 heterocycles. The van der Waals surface area contributed by atoms with E-state index in [-0.39, 0.29) is 12.6 Å². The van der Waals surface area contributed by atoms with E-state index in [4.69, 9.17) is 0 Å². The number of anilines is 1. The van der Waals surface area contributed by atoms with Gasteiger partial charge in [-0.3, -0.25) is 0 Å². The molecule has 1 aliphatic heterocycles. The molecule has 4 heteroatoms. The molecule has 21 heavy (non-hydrogen) atoms. The van der Waals surface area contributed by atoms with Gasteiger partial charge in [0.15, 0.2) is 0 Å². The molecule has 1 aliphatic rings. The summed E-state index contributed by atoms with van der Waals surface area (Å²) in [7, 11) is 0. The summed E-state index contributed by atoms with van der Waals surface area (Å²) in [5.41, 5.74) is 2.43. The first kappa shape index (κ1) is 16.2. The van der Waals surface area contributed by atoms with Crippen LogP contribution in [0.1, 0.15) is 38.3 Å². The molecule has 0 saturated carbocycles. The second-order valence-corrected chi connectivity index (χ2v) is 6.72. The molecule has 0 aromatic carbocycles. The molecule has 2 N–H and O–H groups in total. The summed E-state index contributed by atoms with van der Waals surface area (Å²) in [6, 6.07) is 2.42. The summed E-state index contributed by atoms with van der Waals surface area (Å²) in [5, 5.41) is 13.1. The number of hydrogen-bond acceptors (Lipinski definition) is 4. The van der Waals surface area contributed by atoms with Gasteiger partial charge >= 0.3 is 0 Å². The molecule has 0 amide bonds. The van der Waals surface area contributed by atoms with Crippen molar-refractivity contribution in [3.63, 3.8) is 0 Å². The Morgan fingerprint density at radius 1 is 1.48 bits per heavy atom. The Balaban J connectivity index is 2.05. The lowest BCUT2D eigenvalue weighted by Crippen LogP contribution is -2.36. The van der Waals surface area contributed by atoms with Crippen molar-refractivity contribution in [2.75, 3.05) is 24.6 Å². The van der Waals surface area contributed by atoms with Crippen molar-refractivity contribution in [1.82, 2.24) is 10.3 Å². The molecule has 0 aliphatic carbocycles. The van der Waals surface area contributed by atoms with Crippen LogP contribution in [0, 0.1) is 18.8 Å². The normalized spacial score (nSPS) is 22.3. The van der Waals surface area contributed by atoms with Crippen LogP contribution in [0.3, 0.4) is 0 Å². The van der Waals surface area contributed by atoms with Gasteiger partial charge in [-0.1, -0.05) is 20.8 Å². The van der Waals surface area contributed by atoms with Crippen LogP contribution in [0.15, 0.2) is 12.3 Å². The van der Waals surface area contributed by atoms with Gasteiger partial charge in [0.05, 0.1) is 12.6 Å². The van der Waals surface area contributed by atoms with Gasteiger partial charge in [-0.25, -0.2) is 4.98 Å². The Hall–Kier alpha value is -1.13. The first-order valence-electron chi connectivity index (χ1n) is 8.06. The number of nitrogens with one attached hydrogen (secondary N) is 1. The second-order valence-electron chi connectivity index (χ2n) is 6.72. The van der Waals surface area contributed by atoms with E-state index in [2.05, 4.69) is 49.0 Å². The quantitative estimate of drug-likeness (QED) is 0.844. The molecule has 1 aromatic rings. The third-order valence-electron chi connectivity index (χ3n) is 4.33. The summed E-state index contributed by atoms with van der Waals surface area (Å²) in [4.78, 5) is 6.93. The molecule has 2 rings (SSSR count). The first-order valence-corrected chi connectivity index (χ1v) is 8.06. The maximum absolute atomic E-state index is 9.60. The lowest BCUT2D eigenvalue weighted by atomic mass is 10.0. The summed E-state index contributed by atoms with van der Waals surface area (Å²) in [6.45, 7) is 11.8. The van der Waals surface area contributed by atoms with Gasteiger partial charge in [0, 0.05) is 19.3 Å². The maximum atomic E-state index is 9.60. The van der Waals surface area contributed by atoms with E-state index >= 15 is 0 Å². The molecule has 0 bridgehead atoms. The molecule has 118 valence electrons. The van der Waals surface area contributed by atoms with Crippen molar-refractivity contribution in [3.05, 3.63) is 23.4 Å². The van der Waals surface area contributed by atoms with Crippen LogP contribution < -0.4 is 10.2 Å². The Morgan fingerprint density at radius 3 is 2.86 bits per heavy atom. The van der Waals surface area contributed by atoms with Crippen molar-refractivity contribution in [3.8, 4) is 0 Å². The largest absolute Gasteiger partial charge is 0.394 e. The molecule has 1 aromatic heterocycles. The number of hydrogen-bond donors (Lipinski definition) is 2.